The first-order valence-corrected chi connectivity index (χ1v) is 14.3. The molecule has 40 heavy (non-hydrogen) atoms. The van der Waals surface area contributed by atoms with Gasteiger partial charge in [0.1, 0.15) is 5.75 Å². The number of ether oxygens (including phenoxy) is 2. The van der Waals surface area contributed by atoms with Gasteiger partial charge >= 0.3 is 0 Å². The summed E-state index contributed by atoms with van der Waals surface area (Å²) < 4.78 is 10.9. The summed E-state index contributed by atoms with van der Waals surface area (Å²) in [5.74, 6) is -0.480. The maximum atomic E-state index is 13.0. The maximum absolute atomic E-state index is 13.0. The minimum atomic E-state index is -0.910. The number of carbonyl (C=O) groups is 3. The third-order valence-corrected chi connectivity index (χ3v) is 7.22. The van der Waals surface area contributed by atoms with Crippen molar-refractivity contribution in [1.82, 2.24) is 15.5 Å². The van der Waals surface area contributed by atoms with Gasteiger partial charge in [-0.2, -0.15) is 0 Å². The van der Waals surface area contributed by atoms with Crippen LogP contribution in [0.1, 0.15) is 63.7 Å². The highest BCUT2D eigenvalue weighted by Gasteiger charge is 2.30. The van der Waals surface area contributed by atoms with Gasteiger partial charge in [-0.25, -0.2) is 0 Å². The molecular weight excluding hydrogens is 512 g/mol. The summed E-state index contributed by atoms with van der Waals surface area (Å²) >= 11 is 0. The van der Waals surface area contributed by atoms with Gasteiger partial charge in [-0.15, -0.1) is 0 Å². The molecule has 0 radical (unpaired) electrons. The third-order valence-electron chi connectivity index (χ3n) is 7.22. The first-order valence-electron chi connectivity index (χ1n) is 14.3. The molecule has 0 aliphatic rings. The molecule has 0 aliphatic heterocycles. The fourth-order valence-corrected chi connectivity index (χ4v) is 4.30. The van der Waals surface area contributed by atoms with Crippen LogP contribution in [0.15, 0.2) is 24.3 Å². The minimum absolute atomic E-state index is 0.0137. The molecule has 10 nitrogen and oxygen atoms in total. The maximum Gasteiger partial charge on any atom is 0.255 e. The van der Waals surface area contributed by atoms with Crippen LogP contribution in [0, 0.1) is 23.7 Å². The Balaban J connectivity index is 2.73. The van der Waals surface area contributed by atoms with E-state index in [1.807, 2.05) is 19.9 Å². The van der Waals surface area contributed by atoms with Crippen molar-refractivity contribution in [3.8, 4) is 5.75 Å². The van der Waals surface area contributed by atoms with E-state index >= 15 is 0 Å². The normalized spacial score (nSPS) is 14.4. The molecule has 0 unspecified atom stereocenters. The number of amides is 3. The molecule has 10 heteroatoms. The van der Waals surface area contributed by atoms with E-state index in [0.29, 0.717) is 37.5 Å². The number of nitrogens with two attached hydrogens (primary N) is 1. The fourth-order valence-electron chi connectivity index (χ4n) is 4.30. The van der Waals surface area contributed by atoms with Crippen LogP contribution in [0.25, 0.3) is 0 Å². The number of likely N-dealkylation sites (N-methyl/N-ethyl adjacent to an activating group) is 1. The average molecular weight is 565 g/mol. The van der Waals surface area contributed by atoms with Crippen molar-refractivity contribution in [1.29, 1.82) is 0 Å². The Hall–Kier alpha value is -2.69. The van der Waals surface area contributed by atoms with Gasteiger partial charge in [-0.1, -0.05) is 39.8 Å². The molecule has 0 spiro atoms. The zero-order valence-corrected chi connectivity index (χ0v) is 25.4. The summed E-state index contributed by atoms with van der Waals surface area (Å²) in [7, 11) is 4.92. The topological polar surface area (TPSA) is 143 Å². The molecule has 1 aromatic carbocycles. The van der Waals surface area contributed by atoms with E-state index in [9.17, 15) is 19.5 Å². The number of nitrogens with zero attached hydrogens (tertiary/aromatic N) is 1. The predicted molar refractivity (Wildman–Crippen MR) is 157 cm³/mol. The van der Waals surface area contributed by atoms with Crippen molar-refractivity contribution in [3.05, 3.63) is 29.8 Å². The number of para-hydroxylation sites is 1. The predicted octanol–water partition coefficient (Wildman–Crippen LogP) is 2.44. The summed E-state index contributed by atoms with van der Waals surface area (Å²) in [5, 5.41) is 16.6. The number of hydrogen-bond donors (Lipinski definition) is 4. The van der Waals surface area contributed by atoms with Crippen LogP contribution < -0.4 is 21.1 Å². The Labute approximate surface area is 240 Å². The van der Waals surface area contributed by atoms with E-state index in [4.69, 9.17) is 15.2 Å². The van der Waals surface area contributed by atoms with Crippen molar-refractivity contribution in [2.45, 2.75) is 65.5 Å². The molecule has 0 heterocycles. The second kappa shape index (κ2) is 18.6. The first-order chi connectivity index (χ1) is 18.9. The Kier molecular flexibility index (Phi) is 16.4. The van der Waals surface area contributed by atoms with Gasteiger partial charge in [0.2, 0.25) is 11.8 Å². The van der Waals surface area contributed by atoms with Crippen molar-refractivity contribution in [2.24, 2.45) is 29.4 Å². The SMILES string of the molecule is COCCCCOc1ccccc1C(=O)NC[C@H](C[C@H](N)[C@@H](O)C[C@@H](C(=O)NCC(=O)N(C)C)C(C)C)C(C)C. The highest BCUT2D eigenvalue weighted by atomic mass is 16.5. The lowest BCUT2D eigenvalue weighted by Gasteiger charge is -2.30. The van der Waals surface area contributed by atoms with Crippen molar-refractivity contribution >= 4 is 17.7 Å². The summed E-state index contributed by atoms with van der Waals surface area (Å²) in [6, 6.07) is 6.59. The number of carbonyl (C=O) groups excluding carboxylic acids is 3. The number of rotatable bonds is 19. The van der Waals surface area contributed by atoms with Crippen LogP contribution in [0.2, 0.25) is 0 Å². The highest BCUT2D eigenvalue weighted by Crippen LogP contribution is 2.24. The number of methoxy groups -OCH3 is 1. The number of benzene rings is 1. The largest absolute Gasteiger partial charge is 0.493 e. The van der Waals surface area contributed by atoms with Crippen LogP contribution >= 0.6 is 0 Å². The lowest BCUT2D eigenvalue weighted by molar-refractivity contribution is -0.133. The van der Waals surface area contributed by atoms with Crippen LogP contribution in [0.5, 0.6) is 5.75 Å². The van der Waals surface area contributed by atoms with E-state index in [1.165, 1.54) is 4.90 Å². The molecule has 0 aliphatic carbocycles. The fraction of sp³-hybridized carbons (Fsp3) is 0.700. The van der Waals surface area contributed by atoms with E-state index in [1.54, 1.807) is 39.4 Å². The summed E-state index contributed by atoms with van der Waals surface area (Å²) in [4.78, 5) is 39.1. The molecule has 0 saturated carbocycles. The average Bonchev–Trinajstić information content (AvgIpc) is 2.91. The molecule has 4 atom stereocenters. The Morgan fingerprint density at radius 3 is 2.23 bits per heavy atom. The molecule has 0 fully saturated rings. The molecule has 3 amide bonds. The summed E-state index contributed by atoms with van der Waals surface area (Å²) in [5.41, 5.74) is 6.89. The number of nitrogens with one attached hydrogen (secondary N) is 2. The van der Waals surface area contributed by atoms with E-state index in [0.717, 1.165) is 12.8 Å². The van der Waals surface area contributed by atoms with Gasteiger partial charge in [0.25, 0.3) is 5.91 Å². The summed E-state index contributed by atoms with van der Waals surface area (Å²) in [6.45, 7) is 9.39. The molecule has 0 aromatic heterocycles. The molecule has 1 rings (SSSR count). The van der Waals surface area contributed by atoms with Gasteiger partial charge in [-0.05, 0) is 55.6 Å². The van der Waals surface area contributed by atoms with Gasteiger partial charge in [0.15, 0.2) is 0 Å². The molecule has 228 valence electrons. The second-order valence-corrected chi connectivity index (χ2v) is 11.3. The van der Waals surface area contributed by atoms with Gasteiger partial charge in [-0.3, -0.25) is 14.4 Å². The van der Waals surface area contributed by atoms with Crippen molar-refractivity contribution < 1.29 is 29.0 Å². The second-order valence-electron chi connectivity index (χ2n) is 11.3. The Morgan fingerprint density at radius 1 is 0.975 bits per heavy atom. The van der Waals surface area contributed by atoms with E-state index < -0.39 is 18.1 Å². The van der Waals surface area contributed by atoms with Crippen LogP contribution in [0.4, 0.5) is 0 Å². The number of hydrogen-bond acceptors (Lipinski definition) is 7. The molecule has 0 bridgehead atoms. The third kappa shape index (κ3) is 12.7. The number of unbranched alkanes of at least 4 members (excludes halogenated alkanes) is 1. The number of aliphatic hydroxyl groups excluding tert-OH is 1. The molecule has 1 aromatic rings. The Bertz CT molecular complexity index is 908. The highest BCUT2D eigenvalue weighted by molar-refractivity contribution is 5.96. The van der Waals surface area contributed by atoms with Crippen LogP contribution in [0.3, 0.4) is 0 Å². The molecular formula is C30H52N4O6. The lowest BCUT2D eigenvalue weighted by atomic mass is 9.83. The van der Waals surface area contributed by atoms with Gasteiger partial charge < -0.3 is 35.8 Å². The molecule has 0 saturated heterocycles. The smallest absolute Gasteiger partial charge is 0.255 e. The molecule has 5 N–H and O–H groups in total. The standard InChI is InChI=1S/C30H52N4O6/c1-20(2)22(18-32-29(37)23-12-8-9-13-27(23)40-15-11-10-14-39-7)16-25(31)26(35)17-24(21(3)4)30(38)33-19-28(36)34(5)6/h8-9,12-13,20-22,24-26,35H,10-11,14-19,31H2,1-7H3,(H,32,37)(H,33,38)/t22-,24+,25-,26-/m0/s1. The minimum Gasteiger partial charge on any atom is -0.493 e. The lowest BCUT2D eigenvalue weighted by Crippen LogP contribution is -2.45. The van der Waals surface area contributed by atoms with E-state index in [-0.39, 0.29) is 48.4 Å². The van der Waals surface area contributed by atoms with E-state index in [2.05, 4.69) is 24.5 Å². The van der Waals surface area contributed by atoms with Gasteiger partial charge in [0, 0.05) is 46.3 Å². The van der Waals surface area contributed by atoms with Gasteiger partial charge in [0.05, 0.1) is 24.8 Å². The van der Waals surface area contributed by atoms with Crippen LogP contribution in [-0.4, -0.2) is 87.4 Å². The van der Waals surface area contributed by atoms with Crippen molar-refractivity contribution in [3.63, 3.8) is 0 Å². The Morgan fingerprint density at radius 2 is 1.62 bits per heavy atom. The number of aliphatic hydroxyl groups is 1. The van der Waals surface area contributed by atoms with Crippen LogP contribution in [-0.2, 0) is 14.3 Å². The van der Waals surface area contributed by atoms with Crippen molar-refractivity contribution in [2.75, 3.05) is 47.5 Å². The quantitative estimate of drug-likeness (QED) is 0.189. The first kappa shape index (κ1) is 35.3. The zero-order chi connectivity index (χ0) is 30.2. The zero-order valence-electron chi connectivity index (χ0n) is 25.4. The monoisotopic (exact) mass is 564 g/mol. The summed E-state index contributed by atoms with van der Waals surface area (Å²) in [6.07, 6.45) is 1.46.